The molecule has 1 nitrogen and oxygen atoms in total. The van der Waals surface area contributed by atoms with E-state index in [2.05, 4.69) is 0 Å². The minimum atomic E-state index is -4.57. The Morgan fingerprint density at radius 3 is 2.36 bits per heavy atom. The zero-order valence-electron chi connectivity index (χ0n) is 6.64. The van der Waals surface area contributed by atoms with Gasteiger partial charge in [-0.2, -0.15) is 13.2 Å². The third-order valence-corrected chi connectivity index (χ3v) is 2.27. The smallest absolute Gasteiger partial charge is 0.281 e. The molecule has 0 saturated heterocycles. The van der Waals surface area contributed by atoms with E-state index in [1.807, 2.05) is 0 Å². The molecule has 76 valence electrons. The average Bonchev–Trinajstić information content (AvgIpc) is 2.01. The van der Waals surface area contributed by atoms with Crippen LogP contribution in [-0.2, 0) is 0 Å². The van der Waals surface area contributed by atoms with Crippen molar-refractivity contribution in [2.45, 2.75) is 5.51 Å². The average molecular weight is 241 g/mol. The molecule has 0 aliphatic rings. The lowest BCUT2D eigenvalue weighted by atomic mass is 10.2. The predicted molar refractivity (Wildman–Crippen MR) is 49.4 cm³/mol. The van der Waals surface area contributed by atoms with Gasteiger partial charge in [-0.3, -0.25) is 4.79 Å². The summed E-state index contributed by atoms with van der Waals surface area (Å²) in [5, 5.41) is -1.07. The van der Waals surface area contributed by atoms with Crippen LogP contribution in [0.5, 0.6) is 0 Å². The maximum Gasteiger partial charge on any atom is 0.449 e. The van der Waals surface area contributed by atoms with Crippen molar-refractivity contribution in [1.82, 2.24) is 0 Å². The van der Waals surface area contributed by atoms with Gasteiger partial charge in [-0.25, -0.2) is 0 Å². The molecule has 0 bridgehead atoms. The van der Waals surface area contributed by atoms with Crippen molar-refractivity contribution in [3.05, 3.63) is 34.9 Å². The molecule has 0 saturated carbocycles. The molecule has 0 N–H and O–H groups in total. The Bertz CT molecular complexity index is 351. The van der Waals surface area contributed by atoms with Crippen LogP contribution in [0, 0.1) is 0 Å². The van der Waals surface area contributed by atoms with E-state index in [0.29, 0.717) is 0 Å². The topological polar surface area (TPSA) is 17.1 Å². The minimum Gasteiger partial charge on any atom is -0.281 e. The molecule has 0 aliphatic carbocycles. The molecule has 0 spiro atoms. The number of benzene rings is 1. The first-order valence-corrected chi connectivity index (χ1v) is 4.64. The fraction of sp³-hybridized carbons (Fsp3) is 0.125. The van der Waals surface area contributed by atoms with Crippen LogP contribution >= 0.6 is 23.4 Å². The van der Waals surface area contributed by atoms with Crippen molar-refractivity contribution in [1.29, 1.82) is 0 Å². The molecule has 0 aromatic heterocycles. The molecule has 0 radical (unpaired) electrons. The number of carbonyl (C=O) groups is 1. The monoisotopic (exact) mass is 240 g/mol. The first-order chi connectivity index (χ1) is 6.40. The molecule has 0 aliphatic heterocycles. The summed E-state index contributed by atoms with van der Waals surface area (Å²) >= 11 is 4.85. The van der Waals surface area contributed by atoms with E-state index in [-0.39, 0.29) is 10.6 Å². The summed E-state index contributed by atoms with van der Waals surface area (Å²) in [7, 11) is 0. The van der Waals surface area contributed by atoms with Crippen molar-refractivity contribution in [2.75, 3.05) is 0 Å². The molecule has 0 unspecified atom stereocenters. The second-order valence-electron chi connectivity index (χ2n) is 2.32. The summed E-state index contributed by atoms with van der Waals surface area (Å²) in [6.07, 6.45) is 0. The molecule has 0 atom stereocenters. The Balaban J connectivity index is 2.86. The zero-order chi connectivity index (χ0) is 10.8. The van der Waals surface area contributed by atoms with Crippen LogP contribution in [0.1, 0.15) is 10.4 Å². The van der Waals surface area contributed by atoms with Gasteiger partial charge in [-0.1, -0.05) is 23.7 Å². The van der Waals surface area contributed by atoms with Gasteiger partial charge in [0.25, 0.3) is 0 Å². The van der Waals surface area contributed by atoms with E-state index in [0.717, 1.165) is 0 Å². The first-order valence-electron chi connectivity index (χ1n) is 3.45. The van der Waals surface area contributed by atoms with E-state index in [1.54, 1.807) is 0 Å². The normalized spacial score (nSPS) is 11.4. The lowest BCUT2D eigenvalue weighted by Crippen LogP contribution is -2.06. The summed E-state index contributed by atoms with van der Waals surface area (Å²) < 4.78 is 35.5. The van der Waals surface area contributed by atoms with Gasteiger partial charge in [0, 0.05) is 17.3 Å². The van der Waals surface area contributed by atoms with E-state index >= 15 is 0 Å². The zero-order valence-corrected chi connectivity index (χ0v) is 8.21. The van der Waals surface area contributed by atoms with Crippen LogP contribution in [0.15, 0.2) is 24.3 Å². The Hall–Kier alpha value is -0.680. The Labute approximate surface area is 87.2 Å². The third-order valence-electron chi connectivity index (χ3n) is 1.30. The maximum absolute atomic E-state index is 11.8. The van der Waals surface area contributed by atoms with E-state index in [4.69, 9.17) is 11.6 Å². The standard InChI is InChI=1S/C8H4ClF3OS/c9-6-4-2-1-3-5(6)7(13)14-8(10,11)12/h1-4H. The highest BCUT2D eigenvalue weighted by Crippen LogP contribution is 2.34. The molecule has 1 aromatic carbocycles. The molecular weight excluding hydrogens is 237 g/mol. The third kappa shape index (κ3) is 3.23. The highest BCUT2D eigenvalue weighted by Gasteiger charge is 2.33. The summed E-state index contributed by atoms with van der Waals surface area (Å²) in [6, 6.07) is 5.61. The maximum atomic E-state index is 11.8. The van der Waals surface area contributed by atoms with Crippen LogP contribution in [0.4, 0.5) is 13.2 Å². The predicted octanol–water partition coefficient (Wildman–Crippen LogP) is 3.73. The fourth-order valence-electron chi connectivity index (χ4n) is 0.787. The largest absolute Gasteiger partial charge is 0.449 e. The number of thioether (sulfide) groups is 1. The summed E-state index contributed by atoms with van der Waals surface area (Å²) in [4.78, 5) is 11.0. The fourth-order valence-corrected chi connectivity index (χ4v) is 1.56. The van der Waals surface area contributed by atoms with Crippen molar-refractivity contribution in [3.63, 3.8) is 0 Å². The number of rotatable bonds is 1. The first kappa shape index (κ1) is 11.4. The second kappa shape index (κ2) is 4.23. The highest BCUT2D eigenvalue weighted by atomic mass is 35.5. The molecular formula is C8H4ClF3OS. The van der Waals surface area contributed by atoms with Crippen molar-refractivity contribution >= 4 is 28.5 Å². The molecule has 0 amide bonds. The Morgan fingerprint density at radius 1 is 1.29 bits per heavy atom. The van der Waals surface area contributed by atoms with Gasteiger partial charge in [0.1, 0.15) is 0 Å². The molecule has 1 aromatic rings. The Kier molecular flexibility index (Phi) is 3.44. The lowest BCUT2D eigenvalue weighted by Gasteiger charge is -2.05. The Morgan fingerprint density at radius 2 is 1.86 bits per heavy atom. The number of alkyl halides is 3. The SMILES string of the molecule is O=C(SC(F)(F)F)c1ccccc1Cl. The van der Waals surface area contributed by atoms with E-state index in [9.17, 15) is 18.0 Å². The molecule has 1 rings (SSSR count). The molecule has 14 heavy (non-hydrogen) atoms. The summed E-state index contributed by atoms with van der Waals surface area (Å²) in [5.41, 5.74) is -4.70. The summed E-state index contributed by atoms with van der Waals surface area (Å²) in [6.45, 7) is 0. The van der Waals surface area contributed by atoms with Crippen molar-refractivity contribution < 1.29 is 18.0 Å². The van der Waals surface area contributed by atoms with Gasteiger partial charge < -0.3 is 0 Å². The molecule has 0 heterocycles. The van der Waals surface area contributed by atoms with Crippen LogP contribution < -0.4 is 0 Å². The van der Waals surface area contributed by atoms with Crippen LogP contribution in [0.2, 0.25) is 5.02 Å². The van der Waals surface area contributed by atoms with Gasteiger partial charge in [0.05, 0.1) is 5.02 Å². The van der Waals surface area contributed by atoms with Gasteiger partial charge >= 0.3 is 5.51 Å². The highest BCUT2D eigenvalue weighted by molar-refractivity contribution is 8.14. The number of halogens is 4. The van der Waals surface area contributed by atoms with Crippen LogP contribution in [0.3, 0.4) is 0 Å². The quantitative estimate of drug-likeness (QED) is 0.744. The number of carbonyl (C=O) groups excluding carboxylic acids is 1. The van der Waals surface area contributed by atoms with Gasteiger partial charge in [-0.15, -0.1) is 0 Å². The van der Waals surface area contributed by atoms with Gasteiger partial charge in [-0.05, 0) is 12.1 Å². The van der Waals surface area contributed by atoms with Gasteiger partial charge in [0.15, 0.2) is 0 Å². The van der Waals surface area contributed by atoms with Crippen molar-refractivity contribution in [2.24, 2.45) is 0 Å². The number of hydrogen-bond acceptors (Lipinski definition) is 2. The summed E-state index contributed by atoms with van der Waals surface area (Å²) in [5.74, 6) is 0. The number of hydrogen-bond donors (Lipinski definition) is 0. The molecule has 0 fully saturated rings. The van der Waals surface area contributed by atoms with Crippen LogP contribution in [0.25, 0.3) is 0 Å². The minimum absolute atomic E-state index is 0.0225. The lowest BCUT2D eigenvalue weighted by molar-refractivity contribution is -0.0322. The second-order valence-corrected chi connectivity index (χ2v) is 3.76. The van der Waals surface area contributed by atoms with E-state index in [1.165, 1.54) is 24.3 Å². The van der Waals surface area contributed by atoms with Crippen LogP contribution in [-0.4, -0.2) is 10.6 Å². The van der Waals surface area contributed by atoms with Crippen molar-refractivity contribution in [3.8, 4) is 0 Å². The van der Waals surface area contributed by atoms with E-state index < -0.39 is 22.4 Å². The molecule has 6 heteroatoms. The van der Waals surface area contributed by atoms with Gasteiger partial charge in [0.2, 0.25) is 5.12 Å².